The van der Waals surface area contributed by atoms with Gasteiger partial charge in [0.1, 0.15) is 17.1 Å². The van der Waals surface area contributed by atoms with E-state index in [1.54, 1.807) is 12.1 Å². The molecule has 18 heavy (non-hydrogen) atoms. The van der Waals surface area contributed by atoms with Gasteiger partial charge in [0.2, 0.25) is 0 Å². The van der Waals surface area contributed by atoms with E-state index in [2.05, 4.69) is 0 Å². The average molecular weight is 266 g/mol. The second-order valence-electron chi connectivity index (χ2n) is 3.48. The molecule has 0 aliphatic carbocycles. The first kappa shape index (κ1) is 13.9. The number of nitrogen functional groups attached to an aromatic ring is 1. The van der Waals surface area contributed by atoms with E-state index >= 15 is 0 Å². The van der Waals surface area contributed by atoms with Gasteiger partial charge in [-0.15, -0.1) is 12.4 Å². The van der Waals surface area contributed by atoms with Gasteiger partial charge in [0.15, 0.2) is 0 Å². The summed E-state index contributed by atoms with van der Waals surface area (Å²) in [5.74, 6) is -0.236. The predicted octanol–water partition coefficient (Wildman–Crippen LogP) is 3.18. The lowest BCUT2D eigenvalue weighted by atomic mass is 10.2. The molecule has 0 fully saturated rings. The Morgan fingerprint density at radius 3 is 2.39 bits per heavy atom. The van der Waals surface area contributed by atoms with Crippen molar-refractivity contribution in [3.8, 4) is 11.5 Å². The van der Waals surface area contributed by atoms with E-state index in [4.69, 9.17) is 15.6 Å². The highest BCUT2D eigenvalue weighted by Gasteiger charge is 2.12. The summed E-state index contributed by atoms with van der Waals surface area (Å²) in [6, 6.07) is 13.4. The van der Waals surface area contributed by atoms with Crippen molar-refractivity contribution < 1.29 is 14.6 Å². The first-order valence-electron chi connectivity index (χ1n) is 5.02. The van der Waals surface area contributed by atoms with E-state index < -0.39 is 5.97 Å². The van der Waals surface area contributed by atoms with Gasteiger partial charge in [-0.3, -0.25) is 0 Å². The molecule has 0 saturated heterocycles. The quantitative estimate of drug-likeness (QED) is 0.836. The topological polar surface area (TPSA) is 72.6 Å². The molecule has 2 aromatic carbocycles. The Bertz CT molecular complexity index is 543. The highest BCUT2D eigenvalue weighted by atomic mass is 35.5. The fourth-order valence-corrected chi connectivity index (χ4v) is 1.42. The van der Waals surface area contributed by atoms with Gasteiger partial charge in [0, 0.05) is 11.8 Å². The smallest absolute Gasteiger partial charge is 0.339 e. The Morgan fingerprint density at radius 1 is 1.11 bits per heavy atom. The Kier molecular flexibility index (Phi) is 4.57. The number of hydrogen-bond acceptors (Lipinski definition) is 3. The minimum absolute atomic E-state index is 0. The Balaban J connectivity index is 0.00000162. The van der Waals surface area contributed by atoms with Crippen LogP contribution >= 0.6 is 12.4 Å². The molecule has 0 aromatic heterocycles. The Hall–Kier alpha value is -2.20. The molecule has 0 heterocycles. The van der Waals surface area contributed by atoms with Crippen LogP contribution in [0.3, 0.4) is 0 Å². The lowest BCUT2D eigenvalue weighted by molar-refractivity contribution is 0.0694. The number of carbonyl (C=O) groups is 1. The normalized spacial score (nSPS) is 9.33. The summed E-state index contributed by atoms with van der Waals surface area (Å²) in [5, 5.41) is 9.01. The number of halogens is 1. The molecule has 0 amide bonds. The van der Waals surface area contributed by atoms with Gasteiger partial charge in [-0.25, -0.2) is 4.79 Å². The minimum Gasteiger partial charge on any atom is -0.478 e. The Labute approximate surface area is 110 Å². The summed E-state index contributed by atoms with van der Waals surface area (Å²) in [5.41, 5.74) is 6.15. The molecule has 0 spiro atoms. The molecule has 0 aliphatic rings. The summed E-state index contributed by atoms with van der Waals surface area (Å²) in [6.07, 6.45) is 0. The van der Waals surface area contributed by atoms with Gasteiger partial charge < -0.3 is 15.6 Å². The largest absolute Gasteiger partial charge is 0.478 e. The van der Waals surface area contributed by atoms with E-state index in [0.717, 1.165) is 0 Å². The SMILES string of the molecule is Cl.Nc1ccc(C(=O)O)c(Oc2ccccc2)c1. The number of benzene rings is 2. The maximum atomic E-state index is 11.0. The van der Waals surface area contributed by atoms with Crippen molar-refractivity contribution in [1.29, 1.82) is 0 Å². The van der Waals surface area contributed by atoms with Crippen LogP contribution in [0.15, 0.2) is 48.5 Å². The molecule has 4 nitrogen and oxygen atoms in total. The van der Waals surface area contributed by atoms with Crippen LogP contribution in [0, 0.1) is 0 Å². The minimum atomic E-state index is -1.05. The monoisotopic (exact) mass is 265 g/mol. The van der Waals surface area contributed by atoms with Crippen molar-refractivity contribution in [1.82, 2.24) is 0 Å². The zero-order chi connectivity index (χ0) is 12.3. The van der Waals surface area contributed by atoms with E-state index in [9.17, 15) is 4.79 Å². The fraction of sp³-hybridized carbons (Fsp3) is 0. The van der Waals surface area contributed by atoms with Crippen molar-refractivity contribution in [2.75, 3.05) is 5.73 Å². The van der Waals surface area contributed by atoms with E-state index in [-0.39, 0.29) is 23.7 Å². The molecule has 94 valence electrons. The van der Waals surface area contributed by atoms with Gasteiger partial charge in [-0.1, -0.05) is 18.2 Å². The number of ether oxygens (including phenoxy) is 1. The standard InChI is InChI=1S/C13H11NO3.ClH/c14-9-6-7-11(13(15)16)12(8-9)17-10-4-2-1-3-5-10;/h1-8H,14H2,(H,15,16);1H. The molecule has 0 radical (unpaired) electrons. The first-order valence-corrected chi connectivity index (χ1v) is 5.02. The third-order valence-electron chi connectivity index (χ3n) is 2.21. The third kappa shape index (κ3) is 3.15. The molecule has 0 bridgehead atoms. The summed E-state index contributed by atoms with van der Waals surface area (Å²) in [6.45, 7) is 0. The number of aromatic carboxylic acids is 1. The van der Waals surface area contributed by atoms with Gasteiger partial charge in [0.25, 0.3) is 0 Å². The predicted molar refractivity (Wildman–Crippen MR) is 71.6 cm³/mol. The zero-order valence-corrected chi connectivity index (χ0v) is 10.2. The zero-order valence-electron chi connectivity index (χ0n) is 9.37. The van der Waals surface area contributed by atoms with Crippen LogP contribution < -0.4 is 10.5 Å². The van der Waals surface area contributed by atoms with Crippen LogP contribution in [0.5, 0.6) is 11.5 Å². The van der Waals surface area contributed by atoms with Crippen molar-refractivity contribution in [3.63, 3.8) is 0 Å². The molecule has 0 aliphatic heterocycles. The fourth-order valence-electron chi connectivity index (χ4n) is 1.42. The van der Waals surface area contributed by atoms with Gasteiger partial charge >= 0.3 is 5.97 Å². The summed E-state index contributed by atoms with van der Waals surface area (Å²) >= 11 is 0. The Morgan fingerprint density at radius 2 is 1.78 bits per heavy atom. The van der Waals surface area contributed by atoms with Gasteiger partial charge in [-0.2, -0.15) is 0 Å². The maximum absolute atomic E-state index is 11.0. The number of para-hydroxylation sites is 1. The highest BCUT2D eigenvalue weighted by Crippen LogP contribution is 2.27. The average Bonchev–Trinajstić information content (AvgIpc) is 2.30. The van der Waals surface area contributed by atoms with E-state index in [1.165, 1.54) is 18.2 Å². The molecule has 0 saturated carbocycles. The summed E-state index contributed by atoms with van der Waals surface area (Å²) in [7, 11) is 0. The van der Waals surface area contributed by atoms with Crippen molar-refractivity contribution in [2.24, 2.45) is 0 Å². The molecule has 3 N–H and O–H groups in total. The molecule has 2 rings (SSSR count). The first-order chi connectivity index (χ1) is 8.16. The lowest BCUT2D eigenvalue weighted by Gasteiger charge is -2.09. The van der Waals surface area contributed by atoms with Crippen molar-refractivity contribution in [3.05, 3.63) is 54.1 Å². The van der Waals surface area contributed by atoms with E-state index in [1.807, 2.05) is 18.2 Å². The second kappa shape index (κ2) is 5.93. The summed E-state index contributed by atoms with van der Waals surface area (Å²) in [4.78, 5) is 11.0. The number of hydrogen-bond donors (Lipinski definition) is 2. The van der Waals surface area contributed by atoms with Crippen LogP contribution in [-0.2, 0) is 0 Å². The van der Waals surface area contributed by atoms with E-state index in [0.29, 0.717) is 11.4 Å². The molecular formula is C13H12ClNO3. The third-order valence-corrected chi connectivity index (χ3v) is 2.21. The number of carboxylic acid groups (broad SMARTS) is 1. The highest BCUT2D eigenvalue weighted by molar-refractivity contribution is 5.91. The molecular weight excluding hydrogens is 254 g/mol. The lowest BCUT2D eigenvalue weighted by Crippen LogP contribution is -2.01. The maximum Gasteiger partial charge on any atom is 0.339 e. The molecule has 0 atom stereocenters. The van der Waals surface area contributed by atoms with Crippen LogP contribution in [0.25, 0.3) is 0 Å². The van der Waals surface area contributed by atoms with Crippen LogP contribution in [0.2, 0.25) is 0 Å². The molecule has 2 aromatic rings. The summed E-state index contributed by atoms with van der Waals surface area (Å²) < 4.78 is 5.49. The molecule has 5 heteroatoms. The number of rotatable bonds is 3. The molecule has 0 unspecified atom stereocenters. The number of anilines is 1. The van der Waals surface area contributed by atoms with Crippen molar-refractivity contribution >= 4 is 24.1 Å². The van der Waals surface area contributed by atoms with Gasteiger partial charge in [0.05, 0.1) is 0 Å². The van der Waals surface area contributed by atoms with Crippen LogP contribution in [0.4, 0.5) is 5.69 Å². The van der Waals surface area contributed by atoms with Crippen molar-refractivity contribution in [2.45, 2.75) is 0 Å². The second-order valence-corrected chi connectivity index (χ2v) is 3.48. The number of nitrogens with two attached hydrogens (primary N) is 1. The van der Waals surface area contributed by atoms with Crippen LogP contribution in [0.1, 0.15) is 10.4 Å². The van der Waals surface area contributed by atoms with Crippen LogP contribution in [-0.4, -0.2) is 11.1 Å². The van der Waals surface area contributed by atoms with Gasteiger partial charge in [-0.05, 0) is 24.3 Å². The number of carboxylic acids is 1.